The average molecular weight is 199 g/mol. The number of para-hydroxylation sites is 1. The minimum atomic E-state index is -1.80. The molecule has 0 amide bonds. The molecule has 0 spiro atoms. The van der Waals surface area contributed by atoms with Crippen LogP contribution in [0.2, 0.25) is 0 Å². The highest BCUT2D eigenvalue weighted by atomic mass is 32.2. The molecule has 0 bridgehead atoms. The van der Waals surface area contributed by atoms with Crippen LogP contribution in [0.5, 0.6) is 0 Å². The molecule has 0 aliphatic carbocycles. The summed E-state index contributed by atoms with van der Waals surface area (Å²) in [7, 11) is 0. The Bertz CT molecular complexity index is 312. The number of anilines is 1. The summed E-state index contributed by atoms with van der Waals surface area (Å²) in [5, 5.41) is 0. The van der Waals surface area contributed by atoms with Crippen molar-refractivity contribution in [1.82, 2.24) is 0 Å². The smallest absolute Gasteiger partial charge is 0.318 e. The molecular weight excluding hydrogens is 190 g/mol. The standard InChI is InChI=1S/C8H9NO3S/c1-7(10)12-13(11)9-8-5-3-2-4-6-8/h2-6,9H,1H3. The van der Waals surface area contributed by atoms with E-state index in [0.29, 0.717) is 5.69 Å². The Hall–Kier alpha value is -1.36. The van der Waals surface area contributed by atoms with Gasteiger partial charge in [0, 0.05) is 12.6 Å². The van der Waals surface area contributed by atoms with Crippen molar-refractivity contribution in [3.63, 3.8) is 0 Å². The Labute approximate surface area is 78.7 Å². The van der Waals surface area contributed by atoms with Gasteiger partial charge in [0.15, 0.2) is 0 Å². The third-order valence-electron chi connectivity index (χ3n) is 1.17. The van der Waals surface area contributed by atoms with Crippen molar-refractivity contribution in [3.05, 3.63) is 30.3 Å². The maximum absolute atomic E-state index is 11.0. The molecule has 1 aromatic carbocycles. The fourth-order valence-electron chi connectivity index (χ4n) is 0.730. The van der Waals surface area contributed by atoms with Gasteiger partial charge in [-0.1, -0.05) is 18.2 Å². The van der Waals surface area contributed by atoms with E-state index in [1.165, 1.54) is 6.92 Å². The SMILES string of the molecule is CC(=O)OS(=O)Nc1ccccc1. The van der Waals surface area contributed by atoms with Crippen LogP contribution >= 0.6 is 0 Å². The zero-order chi connectivity index (χ0) is 9.68. The van der Waals surface area contributed by atoms with Crippen molar-refractivity contribution in [3.8, 4) is 0 Å². The lowest BCUT2D eigenvalue weighted by atomic mass is 10.3. The Balaban J connectivity index is 2.50. The molecule has 0 saturated heterocycles. The van der Waals surface area contributed by atoms with E-state index in [1.54, 1.807) is 24.3 Å². The highest BCUT2D eigenvalue weighted by Crippen LogP contribution is 2.06. The van der Waals surface area contributed by atoms with E-state index < -0.39 is 17.2 Å². The van der Waals surface area contributed by atoms with Gasteiger partial charge in [0.05, 0.1) is 0 Å². The minimum Gasteiger partial charge on any atom is -0.349 e. The summed E-state index contributed by atoms with van der Waals surface area (Å²) in [5.41, 5.74) is 0.641. The molecule has 70 valence electrons. The second-order valence-corrected chi connectivity index (χ2v) is 3.12. The molecule has 4 nitrogen and oxygen atoms in total. The number of rotatable bonds is 3. The third-order valence-corrected chi connectivity index (χ3v) is 1.96. The van der Waals surface area contributed by atoms with Crippen molar-refractivity contribution >= 4 is 22.9 Å². The van der Waals surface area contributed by atoms with Gasteiger partial charge in [-0.15, -0.1) is 0 Å². The second-order valence-electron chi connectivity index (χ2n) is 2.28. The van der Waals surface area contributed by atoms with Crippen LogP contribution in [0.4, 0.5) is 5.69 Å². The highest BCUT2D eigenvalue weighted by molar-refractivity contribution is 7.82. The summed E-state index contributed by atoms with van der Waals surface area (Å²) in [4.78, 5) is 10.4. The van der Waals surface area contributed by atoms with Crippen molar-refractivity contribution in [1.29, 1.82) is 0 Å². The van der Waals surface area contributed by atoms with Gasteiger partial charge in [0.1, 0.15) is 0 Å². The van der Waals surface area contributed by atoms with E-state index >= 15 is 0 Å². The van der Waals surface area contributed by atoms with Gasteiger partial charge in [-0.25, -0.2) is 0 Å². The number of hydrogen-bond donors (Lipinski definition) is 1. The molecule has 0 radical (unpaired) electrons. The van der Waals surface area contributed by atoms with Crippen LogP contribution in [-0.2, 0) is 20.2 Å². The predicted octanol–water partition coefficient (Wildman–Crippen LogP) is 1.24. The molecule has 1 rings (SSSR count). The molecule has 0 saturated carbocycles. The van der Waals surface area contributed by atoms with Crippen LogP contribution in [0.3, 0.4) is 0 Å². The van der Waals surface area contributed by atoms with Gasteiger partial charge in [-0.2, -0.15) is 4.21 Å². The molecule has 1 N–H and O–H groups in total. The first-order valence-electron chi connectivity index (χ1n) is 3.61. The first-order chi connectivity index (χ1) is 6.18. The Morgan fingerprint density at radius 3 is 2.54 bits per heavy atom. The van der Waals surface area contributed by atoms with Gasteiger partial charge < -0.3 is 4.18 Å². The number of carbonyl (C=O) groups excluding carboxylic acids is 1. The summed E-state index contributed by atoms with van der Waals surface area (Å²) in [6.45, 7) is 1.20. The Morgan fingerprint density at radius 2 is 2.00 bits per heavy atom. The zero-order valence-corrected chi connectivity index (χ0v) is 7.84. The zero-order valence-electron chi connectivity index (χ0n) is 7.02. The molecule has 1 atom stereocenters. The molecule has 5 heteroatoms. The van der Waals surface area contributed by atoms with E-state index in [-0.39, 0.29) is 0 Å². The average Bonchev–Trinajstić information content (AvgIpc) is 2.04. The second kappa shape index (κ2) is 4.61. The predicted molar refractivity (Wildman–Crippen MR) is 50.0 cm³/mol. The first-order valence-corrected chi connectivity index (χ1v) is 4.68. The summed E-state index contributed by atoms with van der Waals surface area (Å²) >= 11 is -1.80. The van der Waals surface area contributed by atoms with Gasteiger partial charge >= 0.3 is 17.2 Å². The Kier molecular flexibility index (Phi) is 3.45. The molecule has 13 heavy (non-hydrogen) atoms. The highest BCUT2D eigenvalue weighted by Gasteiger charge is 2.02. The molecule has 0 aromatic heterocycles. The van der Waals surface area contributed by atoms with Crippen molar-refractivity contribution in [2.45, 2.75) is 6.92 Å². The molecule has 0 heterocycles. The summed E-state index contributed by atoms with van der Waals surface area (Å²) < 4.78 is 17.9. The molecule has 0 fully saturated rings. The molecule has 1 unspecified atom stereocenters. The number of hydrogen-bond acceptors (Lipinski definition) is 3. The van der Waals surface area contributed by atoms with E-state index in [2.05, 4.69) is 8.91 Å². The van der Waals surface area contributed by atoms with Gasteiger partial charge in [0.25, 0.3) is 0 Å². The Morgan fingerprint density at radius 1 is 1.38 bits per heavy atom. The number of benzene rings is 1. The minimum absolute atomic E-state index is 0.582. The summed E-state index contributed by atoms with van der Waals surface area (Å²) in [5.74, 6) is -0.582. The van der Waals surface area contributed by atoms with E-state index in [9.17, 15) is 9.00 Å². The number of nitrogens with one attached hydrogen (secondary N) is 1. The van der Waals surface area contributed by atoms with E-state index in [0.717, 1.165) is 0 Å². The van der Waals surface area contributed by atoms with Crippen molar-refractivity contribution in [2.75, 3.05) is 4.72 Å². The van der Waals surface area contributed by atoms with Crippen LogP contribution in [0.15, 0.2) is 30.3 Å². The molecule has 0 aliphatic heterocycles. The third kappa shape index (κ3) is 3.71. The first kappa shape index (κ1) is 9.73. The normalized spacial score (nSPS) is 11.8. The van der Waals surface area contributed by atoms with Crippen LogP contribution in [0.25, 0.3) is 0 Å². The van der Waals surface area contributed by atoms with Crippen molar-refractivity contribution < 1.29 is 13.2 Å². The van der Waals surface area contributed by atoms with E-state index in [4.69, 9.17) is 0 Å². The quantitative estimate of drug-likeness (QED) is 0.796. The lowest BCUT2D eigenvalue weighted by Gasteiger charge is -2.02. The largest absolute Gasteiger partial charge is 0.349 e. The number of carbonyl (C=O) groups is 1. The monoisotopic (exact) mass is 199 g/mol. The summed E-state index contributed by atoms with van der Waals surface area (Å²) in [6, 6.07) is 8.85. The molecule has 1 aromatic rings. The molecule has 0 aliphatic rings. The lowest BCUT2D eigenvalue weighted by Crippen LogP contribution is -2.11. The van der Waals surface area contributed by atoms with Crippen LogP contribution in [0, 0.1) is 0 Å². The summed E-state index contributed by atoms with van der Waals surface area (Å²) in [6.07, 6.45) is 0. The fourth-order valence-corrected chi connectivity index (χ4v) is 1.31. The maximum atomic E-state index is 11.0. The van der Waals surface area contributed by atoms with Crippen LogP contribution in [0.1, 0.15) is 6.92 Å². The van der Waals surface area contributed by atoms with Gasteiger partial charge in [0.2, 0.25) is 0 Å². The van der Waals surface area contributed by atoms with Crippen molar-refractivity contribution in [2.24, 2.45) is 0 Å². The van der Waals surface area contributed by atoms with Gasteiger partial charge in [-0.05, 0) is 12.1 Å². The van der Waals surface area contributed by atoms with E-state index in [1.807, 2.05) is 6.07 Å². The lowest BCUT2D eigenvalue weighted by molar-refractivity contribution is -0.130. The topological polar surface area (TPSA) is 55.4 Å². The fraction of sp³-hybridized carbons (Fsp3) is 0.125. The maximum Gasteiger partial charge on any atom is 0.318 e. The van der Waals surface area contributed by atoms with Crippen LogP contribution in [-0.4, -0.2) is 10.2 Å². The molecular formula is C8H9NO3S. The van der Waals surface area contributed by atoms with Crippen LogP contribution < -0.4 is 4.72 Å². The van der Waals surface area contributed by atoms with Gasteiger partial charge in [-0.3, -0.25) is 9.52 Å².